The number of nitrogens with one attached hydrogen (secondary N) is 3. The van der Waals surface area contributed by atoms with Crippen molar-refractivity contribution in [2.45, 2.75) is 37.6 Å². The number of likely N-dealkylation sites (N-methyl/N-ethyl adjacent to an activating group) is 1. The van der Waals surface area contributed by atoms with Crippen molar-refractivity contribution in [1.29, 1.82) is 10.8 Å². The Morgan fingerprint density at radius 3 is 2.14 bits per heavy atom. The van der Waals surface area contributed by atoms with Gasteiger partial charge in [0.15, 0.2) is 0 Å². The van der Waals surface area contributed by atoms with E-state index < -0.39 is 0 Å². The predicted octanol–water partition coefficient (Wildman–Crippen LogP) is 5.30. The number of amides is 1. The van der Waals surface area contributed by atoms with Crippen molar-refractivity contribution in [3.05, 3.63) is 108 Å². The van der Waals surface area contributed by atoms with E-state index >= 15 is 0 Å². The maximum atomic E-state index is 12.4. The van der Waals surface area contributed by atoms with E-state index in [1.54, 1.807) is 43.5 Å². The molecule has 2 saturated heterocycles. The molecule has 10 nitrogen and oxygen atoms in total. The summed E-state index contributed by atoms with van der Waals surface area (Å²) in [6, 6.07) is 24.0. The second-order valence-corrected chi connectivity index (χ2v) is 12.8. The van der Waals surface area contributed by atoms with Crippen molar-refractivity contribution in [3.8, 4) is 5.75 Å². The zero-order valence-electron chi connectivity index (χ0n) is 28.0. The number of benzene rings is 3. The summed E-state index contributed by atoms with van der Waals surface area (Å²) in [4.78, 5) is 32.7. The van der Waals surface area contributed by atoms with Gasteiger partial charge >= 0.3 is 0 Å². The molecule has 3 heterocycles. The largest absolute Gasteiger partial charge is 0.507 e. The molecule has 3 aliphatic heterocycles. The van der Waals surface area contributed by atoms with Gasteiger partial charge in [-0.2, -0.15) is 0 Å². The topological polar surface area (TPSA) is 127 Å². The average Bonchev–Trinajstić information content (AvgIpc) is 3.51. The van der Waals surface area contributed by atoms with Gasteiger partial charge in [-0.25, -0.2) is 0 Å². The van der Waals surface area contributed by atoms with Gasteiger partial charge in [0.2, 0.25) is 5.91 Å². The number of piperidine rings is 1. The van der Waals surface area contributed by atoms with E-state index in [0.717, 1.165) is 69.6 Å². The molecule has 1 unspecified atom stereocenters. The van der Waals surface area contributed by atoms with E-state index in [4.69, 9.17) is 10.8 Å². The summed E-state index contributed by atoms with van der Waals surface area (Å²) in [6.45, 7) is 5.98. The quantitative estimate of drug-likeness (QED) is 0.163. The number of aldehydes is 1. The van der Waals surface area contributed by atoms with Gasteiger partial charge in [0.25, 0.3) is 0 Å². The van der Waals surface area contributed by atoms with E-state index in [2.05, 4.69) is 56.4 Å². The number of piperazine rings is 1. The summed E-state index contributed by atoms with van der Waals surface area (Å²) in [5.41, 5.74) is 5.73. The van der Waals surface area contributed by atoms with Gasteiger partial charge in [0.1, 0.15) is 12.0 Å². The second kappa shape index (κ2) is 15.3. The highest BCUT2D eigenvalue weighted by molar-refractivity contribution is 6.19. The Bertz CT molecular complexity index is 1720. The zero-order chi connectivity index (χ0) is 34.3. The molecule has 1 atom stereocenters. The first-order valence-corrected chi connectivity index (χ1v) is 17.1. The molecule has 10 heteroatoms. The van der Waals surface area contributed by atoms with E-state index in [1.165, 1.54) is 11.4 Å². The Hall–Kier alpha value is -5.22. The molecule has 0 bridgehead atoms. The van der Waals surface area contributed by atoms with Crippen LogP contribution in [0.15, 0.2) is 96.8 Å². The number of anilines is 3. The van der Waals surface area contributed by atoms with Crippen LogP contribution in [0, 0.1) is 10.8 Å². The highest BCUT2D eigenvalue weighted by Gasteiger charge is 2.28. The lowest BCUT2D eigenvalue weighted by Crippen LogP contribution is -2.53. The minimum atomic E-state index is -0.307. The first kappa shape index (κ1) is 33.7. The number of phenols is 1. The third kappa shape index (κ3) is 7.60. The monoisotopic (exact) mass is 659 g/mol. The summed E-state index contributed by atoms with van der Waals surface area (Å²) in [7, 11) is 1.64. The van der Waals surface area contributed by atoms with Crippen molar-refractivity contribution < 1.29 is 14.7 Å². The van der Waals surface area contributed by atoms with E-state index in [0.29, 0.717) is 35.9 Å². The number of nitrogens with zero attached hydrogens (tertiary/aromatic N) is 4. The zero-order valence-corrected chi connectivity index (χ0v) is 28.0. The number of allylic oxidation sites excluding steroid dienone is 2. The first-order chi connectivity index (χ1) is 23.9. The Labute approximate surface area is 288 Å². The molecule has 49 heavy (non-hydrogen) atoms. The standard InChI is InChI=1S/C39H45N7O3/c1-42-39(49)33(6-4-26-47)28-8-10-29(11-9-28)43-19-16-31(17-20-43)45-24-22-44(23-25-45)30-12-14-32(15-13-30)46-21-18-35(40)37(46)27-36(41)34-5-2-3-7-38(34)48/h2-3,5,7-15,18,21,26-27,31,33,40-41,48H,4,6,16-17,19-20,22-25H2,1H3,(H,42,49)/b37-27+,40-35?,41-36?. The van der Waals surface area contributed by atoms with Crippen LogP contribution < -0.4 is 20.0 Å². The molecule has 0 aromatic heterocycles. The molecule has 3 aromatic rings. The van der Waals surface area contributed by atoms with Crippen molar-refractivity contribution in [1.82, 2.24) is 10.2 Å². The fourth-order valence-corrected chi connectivity index (χ4v) is 7.17. The highest BCUT2D eigenvalue weighted by atomic mass is 16.3. The van der Waals surface area contributed by atoms with Gasteiger partial charge in [-0.1, -0.05) is 24.3 Å². The number of carbonyl (C=O) groups is 2. The Morgan fingerprint density at radius 2 is 1.51 bits per heavy atom. The van der Waals surface area contributed by atoms with E-state index in [9.17, 15) is 14.7 Å². The van der Waals surface area contributed by atoms with Crippen molar-refractivity contribution in [2.24, 2.45) is 0 Å². The lowest BCUT2D eigenvalue weighted by atomic mass is 9.93. The number of hydrogen-bond donors (Lipinski definition) is 4. The normalized spacial score (nSPS) is 18.6. The lowest BCUT2D eigenvalue weighted by molar-refractivity contribution is -0.122. The van der Waals surface area contributed by atoms with Crippen LogP contribution in [0.4, 0.5) is 17.1 Å². The first-order valence-electron chi connectivity index (χ1n) is 17.1. The van der Waals surface area contributed by atoms with Crippen LogP contribution in [-0.4, -0.2) is 86.0 Å². The average molecular weight is 660 g/mol. The van der Waals surface area contributed by atoms with Gasteiger partial charge in [0, 0.05) is 87.6 Å². The minimum absolute atomic E-state index is 0.0490. The fraction of sp³-hybridized carbons (Fsp3) is 0.333. The third-order valence-corrected chi connectivity index (χ3v) is 9.99. The van der Waals surface area contributed by atoms with Crippen LogP contribution >= 0.6 is 0 Å². The number of phenolic OH excluding ortho intramolecular Hbond substituents is 1. The molecule has 4 N–H and O–H groups in total. The van der Waals surface area contributed by atoms with E-state index in [1.807, 2.05) is 23.2 Å². The maximum absolute atomic E-state index is 12.4. The summed E-state index contributed by atoms with van der Waals surface area (Å²) in [5.74, 6) is -0.313. The highest BCUT2D eigenvalue weighted by Crippen LogP contribution is 2.31. The Balaban J connectivity index is 1.00. The van der Waals surface area contributed by atoms with Gasteiger partial charge in [-0.3, -0.25) is 15.1 Å². The van der Waals surface area contributed by atoms with Crippen LogP contribution in [-0.2, 0) is 9.59 Å². The second-order valence-electron chi connectivity index (χ2n) is 12.8. The number of para-hydroxylation sites is 1. The summed E-state index contributed by atoms with van der Waals surface area (Å²) < 4.78 is 0. The molecule has 3 aliphatic rings. The number of rotatable bonds is 11. The smallest absolute Gasteiger partial charge is 0.227 e. The van der Waals surface area contributed by atoms with Crippen molar-refractivity contribution >= 4 is 40.7 Å². The molecular weight excluding hydrogens is 614 g/mol. The molecule has 0 spiro atoms. The summed E-state index contributed by atoms with van der Waals surface area (Å²) in [6.07, 6.45) is 9.20. The molecular formula is C39H45N7O3. The Kier molecular flexibility index (Phi) is 10.5. The summed E-state index contributed by atoms with van der Waals surface area (Å²) in [5, 5.41) is 29.9. The molecule has 6 rings (SSSR count). The Morgan fingerprint density at radius 1 is 0.898 bits per heavy atom. The minimum Gasteiger partial charge on any atom is -0.507 e. The molecule has 1 amide bonds. The number of aromatic hydroxyl groups is 1. The van der Waals surface area contributed by atoms with E-state index in [-0.39, 0.29) is 23.3 Å². The predicted molar refractivity (Wildman–Crippen MR) is 196 cm³/mol. The van der Waals surface area contributed by atoms with Gasteiger partial charge in [-0.05, 0) is 85.5 Å². The van der Waals surface area contributed by atoms with Crippen LogP contribution in [0.25, 0.3) is 0 Å². The van der Waals surface area contributed by atoms with Crippen LogP contribution in [0.2, 0.25) is 0 Å². The van der Waals surface area contributed by atoms with Crippen LogP contribution in [0.5, 0.6) is 5.75 Å². The molecule has 3 aromatic carbocycles. The van der Waals surface area contributed by atoms with Crippen LogP contribution in [0.1, 0.15) is 42.7 Å². The molecule has 0 saturated carbocycles. The molecule has 254 valence electrons. The van der Waals surface area contributed by atoms with Gasteiger partial charge in [-0.15, -0.1) is 0 Å². The molecule has 0 radical (unpaired) electrons. The number of hydrogen-bond acceptors (Lipinski definition) is 9. The van der Waals surface area contributed by atoms with Crippen molar-refractivity contribution in [2.75, 3.05) is 61.0 Å². The third-order valence-electron chi connectivity index (χ3n) is 9.99. The fourth-order valence-electron chi connectivity index (χ4n) is 7.17. The van der Waals surface area contributed by atoms with Crippen LogP contribution in [0.3, 0.4) is 0 Å². The SMILES string of the molecule is CNC(=O)C(CCC=O)c1ccc(N2CCC(N3CCN(c4ccc(N5C=CC(=N)/C5=C\C(=N)c5ccccc5O)cc4)CC3)CC2)cc1. The molecule has 0 aliphatic carbocycles. The number of carbonyl (C=O) groups excluding carboxylic acids is 2. The lowest BCUT2D eigenvalue weighted by Gasteiger charge is -2.44. The van der Waals surface area contributed by atoms with Gasteiger partial charge < -0.3 is 35.3 Å². The molecule has 2 fully saturated rings. The van der Waals surface area contributed by atoms with Gasteiger partial charge in [0.05, 0.1) is 23.0 Å². The maximum Gasteiger partial charge on any atom is 0.227 e. The summed E-state index contributed by atoms with van der Waals surface area (Å²) >= 11 is 0. The van der Waals surface area contributed by atoms with Crippen molar-refractivity contribution in [3.63, 3.8) is 0 Å².